The second-order valence-electron chi connectivity index (χ2n) is 4.62. The Kier molecular flexibility index (Phi) is 3.26. The molecule has 5 nitrogen and oxygen atoms in total. The SMILES string of the molecule is Cc1cnccc1C(N)c1cnnn1-c1ccccc1. The van der Waals surface area contributed by atoms with Crippen molar-refractivity contribution < 1.29 is 0 Å². The molecule has 1 unspecified atom stereocenters. The van der Waals surface area contributed by atoms with Crippen LogP contribution in [0.2, 0.25) is 0 Å². The zero-order valence-corrected chi connectivity index (χ0v) is 11.1. The molecule has 0 saturated heterocycles. The third kappa shape index (κ3) is 2.19. The topological polar surface area (TPSA) is 69.6 Å². The summed E-state index contributed by atoms with van der Waals surface area (Å²) in [6.45, 7) is 2.00. The highest BCUT2D eigenvalue weighted by Crippen LogP contribution is 2.22. The Labute approximate surface area is 117 Å². The van der Waals surface area contributed by atoms with Gasteiger partial charge in [-0.15, -0.1) is 5.10 Å². The molecule has 0 aliphatic heterocycles. The van der Waals surface area contributed by atoms with E-state index in [1.807, 2.05) is 49.5 Å². The highest BCUT2D eigenvalue weighted by atomic mass is 15.4. The van der Waals surface area contributed by atoms with Crippen molar-refractivity contribution >= 4 is 0 Å². The van der Waals surface area contributed by atoms with Gasteiger partial charge >= 0.3 is 0 Å². The standard InChI is InChI=1S/C15H15N5/c1-11-9-17-8-7-13(11)15(16)14-10-18-19-20(14)12-5-3-2-4-6-12/h2-10,15H,16H2,1H3. The van der Waals surface area contributed by atoms with E-state index < -0.39 is 0 Å². The molecule has 0 bridgehead atoms. The van der Waals surface area contributed by atoms with Crippen LogP contribution in [0.5, 0.6) is 0 Å². The minimum atomic E-state index is -0.284. The maximum atomic E-state index is 6.37. The molecular weight excluding hydrogens is 250 g/mol. The maximum absolute atomic E-state index is 6.37. The second-order valence-corrected chi connectivity index (χ2v) is 4.62. The van der Waals surface area contributed by atoms with Gasteiger partial charge in [0, 0.05) is 12.4 Å². The molecule has 3 rings (SSSR count). The Morgan fingerprint density at radius 3 is 2.65 bits per heavy atom. The van der Waals surface area contributed by atoms with Crippen LogP contribution >= 0.6 is 0 Å². The van der Waals surface area contributed by atoms with Crippen molar-refractivity contribution in [2.24, 2.45) is 5.73 Å². The van der Waals surface area contributed by atoms with E-state index in [1.54, 1.807) is 17.1 Å². The lowest BCUT2D eigenvalue weighted by Gasteiger charge is -2.15. The van der Waals surface area contributed by atoms with Gasteiger partial charge in [-0.25, -0.2) is 4.68 Å². The molecule has 0 aliphatic carbocycles. The first-order chi connectivity index (χ1) is 9.77. The summed E-state index contributed by atoms with van der Waals surface area (Å²) in [7, 11) is 0. The average Bonchev–Trinajstić information content (AvgIpc) is 2.97. The van der Waals surface area contributed by atoms with Crippen LogP contribution in [0, 0.1) is 6.92 Å². The Hall–Kier alpha value is -2.53. The van der Waals surface area contributed by atoms with Crippen LogP contribution in [0.15, 0.2) is 55.0 Å². The summed E-state index contributed by atoms with van der Waals surface area (Å²) in [4.78, 5) is 4.10. The van der Waals surface area contributed by atoms with Crippen molar-refractivity contribution in [3.63, 3.8) is 0 Å². The van der Waals surface area contributed by atoms with E-state index in [1.165, 1.54) is 0 Å². The number of aromatic nitrogens is 4. The quantitative estimate of drug-likeness (QED) is 0.786. The van der Waals surface area contributed by atoms with Gasteiger partial charge in [0.25, 0.3) is 0 Å². The first-order valence-corrected chi connectivity index (χ1v) is 6.39. The molecule has 2 N–H and O–H groups in total. The summed E-state index contributed by atoms with van der Waals surface area (Å²) in [6, 6.07) is 11.5. The summed E-state index contributed by atoms with van der Waals surface area (Å²) in [5.74, 6) is 0. The number of hydrogen-bond donors (Lipinski definition) is 1. The minimum Gasteiger partial charge on any atom is -0.319 e. The number of hydrogen-bond acceptors (Lipinski definition) is 4. The fourth-order valence-corrected chi connectivity index (χ4v) is 2.22. The molecule has 20 heavy (non-hydrogen) atoms. The molecule has 5 heteroatoms. The fraction of sp³-hybridized carbons (Fsp3) is 0.133. The normalized spacial score (nSPS) is 12.3. The number of aryl methyl sites for hydroxylation is 1. The number of nitrogens with zero attached hydrogens (tertiary/aromatic N) is 4. The highest BCUT2D eigenvalue weighted by molar-refractivity contribution is 5.36. The van der Waals surface area contributed by atoms with E-state index in [0.29, 0.717) is 0 Å². The van der Waals surface area contributed by atoms with Crippen LogP contribution in [0.3, 0.4) is 0 Å². The zero-order valence-electron chi connectivity index (χ0n) is 11.1. The molecule has 100 valence electrons. The number of benzene rings is 1. The lowest BCUT2D eigenvalue weighted by atomic mass is 10.0. The predicted molar refractivity (Wildman–Crippen MR) is 76.4 cm³/mol. The lowest BCUT2D eigenvalue weighted by molar-refractivity contribution is 0.716. The minimum absolute atomic E-state index is 0.284. The summed E-state index contributed by atoms with van der Waals surface area (Å²) in [5.41, 5.74) is 10.3. The monoisotopic (exact) mass is 265 g/mol. The van der Waals surface area contributed by atoms with E-state index in [4.69, 9.17) is 5.73 Å². The van der Waals surface area contributed by atoms with Gasteiger partial charge in [0.15, 0.2) is 0 Å². The van der Waals surface area contributed by atoms with Crippen LogP contribution < -0.4 is 5.73 Å². The van der Waals surface area contributed by atoms with E-state index in [9.17, 15) is 0 Å². The Balaban J connectivity index is 2.04. The van der Waals surface area contributed by atoms with Crippen molar-refractivity contribution in [3.8, 4) is 5.69 Å². The van der Waals surface area contributed by atoms with Crippen LogP contribution in [0.1, 0.15) is 22.9 Å². The van der Waals surface area contributed by atoms with E-state index in [-0.39, 0.29) is 6.04 Å². The van der Waals surface area contributed by atoms with Gasteiger partial charge in [-0.3, -0.25) is 4.98 Å². The van der Waals surface area contributed by atoms with Crippen LogP contribution in [0.4, 0.5) is 0 Å². The first-order valence-electron chi connectivity index (χ1n) is 6.39. The van der Waals surface area contributed by atoms with Crippen molar-refractivity contribution in [3.05, 3.63) is 71.8 Å². The summed E-state index contributed by atoms with van der Waals surface area (Å²) in [6.07, 6.45) is 5.27. The van der Waals surface area contributed by atoms with Crippen molar-refractivity contribution in [2.75, 3.05) is 0 Å². The van der Waals surface area contributed by atoms with Gasteiger partial charge in [-0.2, -0.15) is 0 Å². The molecule has 2 heterocycles. The van der Waals surface area contributed by atoms with Crippen molar-refractivity contribution in [2.45, 2.75) is 13.0 Å². The average molecular weight is 265 g/mol. The number of para-hydroxylation sites is 1. The molecule has 0 amide bonds. The summed E-state index contributed by atoms with van der Waals surface area (Å²) in [5, 5.41) is 8.13. The molecule has 0 radical (unpaired) electrons. The van der Waals surface area contributed by atoms with Crippen LogP contribution in [-0.2, 0) is 0 Å². The fourth-order valence-electron chi connectivity index (χ4n) is 2.22. The summed E-state index contributed by atoms with van der Waals surface area (Å²) >= 11 is 0. The maximum Gasteiger partial charge on any atom is 0.0858 e. The molecule has 0 spiro atoms. The molecule has 0 aliphatic rings. The third-order valence-electron chi connectivity index (χ3n) is 3.29. The van der Waals surface area contributed by atoms with Gasteiger partial charge in [-0.1, -0.05) is 23.4 Å². The first kappa shape index (κ1) is 12.5. The molecular formula is C15H15N5. The van der Waals surface area contributed by atoms with Crippen molar-refractivity contribution in [1.82, 2.24) is 20.0 Å². The molecule has 3 aromatic rings. The third-order valence-corrected chi connectivity index (χ3v) is 3.29. The number of nitrogens with two attached hydrogens (primary N) is 1. The van der Waals surface area contributed by atoms with Gasteiger partial charge in [-0.05, 0) is 36.2 Å². The lowest BCUT2D eigenvalue weighted by Crippen LogP contribution is -2.17. The Morgan fingerprint density at radius 2 is 1.90 bits per heavy atom. The second kappa shape index (κ2) is 5.22. The van der Waals surface area contributed by atoms with Gasteiger partial charge in [0.1, 0.15) is 0 Å². The van der Waals surface area contributed by atoms with E-state index in [0.717, 1.165) is 22.5 Å². The summed E-state index contributed by atoms with van der Waals surface area (Å²) < 4.78 is 1.77. The molecule has 1 atom stereocenters. The zero-order chi connectivity index (χ0) is 13.9. The molecule has 0 saturated carbocycles. The highest BCUT2D eigenvalue weighted by Gasteiger charge is 2.17. The molecule has 0 fully saturated rings. The van der Waals surface area contributed by atoms with E-state index in [2.05, 4.69) is 15.3 Å². The largest absolute Gasteiger partial charge is 0.319 e. The smallest absolute Gasteiger partial charge is 0.0858 e. The predicted octanol–water partition coefficient (Wildman–Crippen LogP) is 2.02. The number of rotatable bonds is 3. The van der Waals surface area contributed by atoms with Crippen molar-refractivity contribution in [1.29, 1.82) is 0 Å². The molecule has 2 aromatic heterocycles. The number of pyridine rings is 1. The van der Waals surface area contributed by atoms with Crippen LogP contribution in [0.25, 0.3) is 5.69 Å². The van der Waals surface area contributed by atoms with Gasteiger partial charge < -0.3 is 5.73 Å². The van der Waals surface area contributed by atoms with E-state index >= 15 is 0 Å². The van der Waals surface area contributed by atoms with Gasteiger partial charge in [0.2, 0.25) is 0 Å². The Morgan fingerprint density at radius 1 is 1.10 bits per heavy atom. The van der Waals surface area contributed by atoms with Gasteiger partial charge in [0.05, 0.1) is 23.6 Å². The Bertz CT molecular complexity index is 705. The molecule has 1 aromatic carbocycles. The van der Waals surface area contributed by atoms with Crippen LogP contribution in [-0.4, -0.2) is 20.0 Å².